The van der Waals surface area contributed by atoms with Crippen LogP contribution in [-0.2, 0) is 25.3 Å². The molecule has 0 saturated carbocycles. The summed E-state index contributed by atoms with van der Waals surface area (Å²) in [5.74, 6) is -4.37. The summed E-state index contributed by atoms with van der Waals surface area (Å²) in [7, 11) is 0. The molecule has 13 heteroatoms. The second-order valence-electron chi connectivity index (χ2n) is 11.3. The summed E-state index contributed by atoms with van der Waals surface area (Å²) in [6, 6.07) is 13.1. The lowest BCUT2D eigenvalue weighted by Gasteiger charge is -2.25. The van der Waals surface area contributed by atoms with E-state index in [1.54, 1.807) is 6.07 Å². The normalized spacial score (nSPS) is 17.1. The van der Waals surface area contributed by atoms with E-state index in [1.807, 2.05) is 25.2 Å². The van der Waals surface area contributed by atoms with Crippen LogP contribution in [0, 0.1) is 17.5 Å². The fourth-order valence-electron chi connectivity index (χ4n) is 5.37. The quantitative estimate of drug-likeness (QED) is 0.139. The maximum absolute atomic E-state index is 13.7. The lowest BCUT2D eigenvalue weighted by atomic mass is 9.90. The molecule has 0 spiro atoms. The lowest BCUT2D eigenvalue weighted by molar-refractivity contribution is -0.106. The summed E-state index contributed by atoms with van der Waals surface area (Å²) in [5, 5.41) is 5.44. The standard InChI is InChI=1S/C12H16FN.C8H4FNO2.C8H3FO3.C4H8O.CH3NO/c1-11(2)8-6-5-7-9(13)10(8)12(3,4)14-11;9-5-3-1-2-4-6(5)8(12)10-7(4)11;9-5-3-1-2-4-6(5)8(11)12-7(4)10;1-2-4-5-3-1;2-1-3/h5-7,14H,1-4H3;1-3H,(H,10,11,12);1-3H;1-4H2;1H,(H2,2,3). The molecule has 3 amide bonds. The Bertz CT molecular complexity index is 1570. The van der Waals surface area contributed by atoms with Gasteiger partial charge in [0, 0.05) is 29.9 Å². The van der Waals surface area contributed by atoms with Gasteiger partial charge in [-0.1, -0.05) is 24.3 Å². The average Bonchev–Trinajstić information content (AvgIpc) is 3.75. The van der Waals surface area contributed by atoms with E-state index >= 15 is 0 Å². The first-order chi connectivity index (χ1) is 21.7. The number of rotatable bonds is 0. The van der Waals surface area contributed by atoms with Crippen molar-refractivity contribution in [2.24, 2.45) is 5.73 Å². The van der Waals surface area contributed by atoms with Crippen LogP contribution in [0.3, 0.4) is 0 Å². The van der Waals surface area contributed by atoms with Crippen LogP contribution < -0.4 is 16.4 Å². The van der Waals surface area contributed by atoms with Crippen molar-refractivity contribution in [3.63, 3.8) is 0 Å². The molecule has 10 nitrogen and oxygen atoms in total. The van der Waals surface area contributed by atoms with Crippen molar-refractivity contribution in [2.45, 2.75) is 51.6 Å². The zero-order chi connectivity index (χ0) is 34.2. The average molecular weight is 642 g/mol. The molecule has 0 aromatic heterocycles. The van der Waals surface area contributed by atoms with Crippen molar-refractivity contribution in [3.8, 4) is 0 Å². The number of ether oxygens (including phenoxy) is 2. The zero-order valence-corrected chi connectivity index (χ0v) is 25.7. The summed E-state index contributed by atoms with van der Waals surface area (Å²) in [6.45, 7) is 10.2. The molecule has 0 unspecified atom stereocenters. The van der Waals surface area contributed by atoms with Crippen LogP contribution in [0.1, 0.15) is 93.1 Å². The molecule has 46 heavy (non-hydrogen) atoms. The Kier molecular flexibility index (Phi) is 11.6. The smallest absolute Gasteiger partial charge is 0.349 e. The van der Waals surface area contributed by atoms with Crippen LogP contribution >= 0.6 is 0 Å². The molecule has 3 aromatic rings. The first-order valence-electron chi connectivity index (χ1n) is 14.2. The number of nitrogens with two attached hydrogens (primary N) is 1. The third-order valence-corrected chi connectivity index (χ3v) is 7.10. The number of hydrogen-bond donors (Lipinski definition) is 3. The Labute approximate surface area is 263 Å². The van der Waals surface area contributed by atoms with Gasteiger partial charge in [-0.3, -0.25) is 25.0 Å². The van der Waals surface area contributed by atoms with Gasteiger partial charge in [-0.15, -0.1) is 0 Å². The molecule has 4 N–H and O–H groups in total. The third-order valence-electron chi connectivity index (χ3n) is 7.10. The number of imide groups is 1. The SMILES string of the molecule is C1CCOC1.CC1(C)NC(C)(C)c2c(F)cccc21.NC=O.O=C1NC(=O)c2c(F)cccc21.O=C1OC(=O)c2c(F)cccc21. The predicted molar refractivity (Wildman–Crippen MR) is 160 cm³/mol. The van der Waals surface area contributed by atoms with Crippen LogP contribution in [0.5, 0.6) is 0 Å². The Morgan fingerprint density at radius 1 is 0.717 bits per heavy atom. The number of primary amides is 1. The second-order valence-corrected chi connectivity index (χ2v) is 11.3. The fourth-order valence-corrected chi connectivity index (χ4v) is 5.37. The summed E-state index contributed by atoms with van der Waals surface area (Å²) in [4.78, 5) is 52.1. The number of carbonyl (C=O) groups is 5. The third kappa shape index (κ3) is 8.03. The molecule has 0 bridgehead atoms. The van der Waals surface area contributed by atoms with E-state index in [0.29, 0.717) is 0 Å². The summed E-state index contributed by atoms with van der Waals surface area (Å²) in [5.41, 5.74) is 5.34. The van der Waals surface area contributed by atoms with Crippen LogP contribution in [0.2, 0.25) is 0 Å². The van der Waals surface area contributed by atoms with Gasteiger partial charge in [0.2, 0.25) is 6.41 Å². The molecule has 7 rings (SSSR count). The number of amides is 3. The predicted octanol–water partition coefficient (Wildman–Crippen LogP) is 4.64. The number of benzene rings is 3. The van der Waals surface area contributed by atoms with Crippen molar-refractivity contribution < 1.29 is 46.6 Å². The Hall–Kier alpha value is -4.88. The number of fused-ring (bicyclic) bond motifs is 3. The first kappa shape index (κ1) is 35.6. The van der Waals surface area contributed by atoms with Gasteiger partial charge in [-0.05, 0) is 76.4 Å². The van der Waals surface area contributed by atoms with Gasteiger partial charge in [-0.2, -0.15) is 0 Å². The molecule has 0 radical (unpaired) electrons. The molecular weight excluding hydrogens is 607 g/mol. The molecule has 4 heterocycles. The molecule has 4 aliphatic rings. The highest BCUT2D eigenvalue weighted by Crippen LogP contribution is 2.41. The van der Waals surface area contributed by atoms with Crippen LogP contribution in [0.15, 0.2) is 54.6 Å². The maximum Gasteiger partial charge on any atom is 0.349 e. The molecule has 1 saturated heterocycles. The van der Waals surface area contributed by atoms with Crippen molar-refractivity contribution in [2.75, 3.05) is 13.2 Å². The van der Waals surface area contributed by atoms with E-state index < -0.39 is 35.4 Å². The highest BCUT2D eigenvalue weighted by atomic mass is 19.1. The van der Waals surface area contributed by atoms with Crippen molar-refractivity contribution in [1.82, 2.24) is 10.6 Å². The van der Waals surface area contributed by atoms with Gasteiger partial charge < -0.3 is 15.2 Å². The number of nitrogens with one attached hydrogen (secondary N) is 2. The van der Waals surface area contributed by atoms with Gasteiger partial charge in [-0.25, -0.2) is 22.8 Å². The maximum atomic E-state index is 13.7. The molecule has 0 aliphatic carbocycles. The van der Waals surface area contributed by atoms with Crippen molar-refractivity contribution in [1.29, 1.82) is 0 Å². The summed E-state index contributed by atoms with van der Waals surface area (Å²) in [6.07, 6.45) is 2.81. The molecular formula is C33H34F3N3O7. The number of hydrogen-bond acceptors (Lipinski definition) is 8. The van der Waals surface area contributed by atoms with Crippen molar-refractivity contribution in [3.05, 3.63) is 105 Å². The van der Waals surface area contributed by atoms with Crippen LogP contribution in [0.25, 0.3) is 0 Å². The second kappa shape index (κ2) is 14.9. The number of halogens is 3. The highest BCUT2D eigenvalue weighted by Gasteiger charge is 2.42. The minimum absolute atomic E-state index is 0.000000000000000444. The van der Waals surface area contributed by atoms with E-state index in [2.05, 4.69) is 29.6 Å². The molecule has 3 aromatic carbocycles. The lowest BCUT2D eigenvalue weighted by Crippen LogP contribution is -2.40. The molecule has 4 aliphatic heterocycles. The van der Waals surface area contributed by atoms with Crippen molar-refractivity contribution >= 4 is 30.2 Å². The van der Waals surface area contributed by atoms with E-state index in [4.69, 9.17) is 9.53 Å². The van der Waals surface area contributed by atoms with Gasteiger partial charge in [0.05, 0.1) is 16.7 Å². The van der Waals surface area contributed by atoms with E-state index in [-0.39, 0.29) is 45.6 Å². The number of carbonyl (C=O) groups excluding carboxylic acids is 5. The minimum Gasteiger partial charge on any atom is -0.386 e. The number of cyclic esters (lactones) is 2. The Balaban J connectivity index is 0.000000168. The highest BCUT2D eigenvalue weighted by molar-refractivity contribution is 6.21. The van der Waals surface area contributed by atoms with Gasteiger partial charge in [0.1, 0.15) is 23.0 Å². The van der Waals surface area contributed by atoms with Gasteiger partial charge >= 0.3 is 11.9 Å². The van der Waals surface area contributed by atoms with E-state index in [1.165, 1.54) is 43.2 Å². The van der Waals surface area contributed by atoms with E-state index in [0.717, 1.165) is 36.5 Å². The molecule has 0 atom stereocenters. The van der Waals surface area contributed by atoms with Gasteiger partial charge in [0.15, 0.2) is 0 Å². The zero-order valence-electron chi connectivity index (χ0n) is 25.7. The number of esters is 2. The largest absolute Gasteiger partial charge is 0.386 e. The summed E-state index contributed by atoms with van der Waals surface area (Å²) >= 11 is 0. The monoisotopic (exact) mass is 641 g/mol. The molecule has 244 valence electrons. The Morgan fingerprint density at radius 2 is 1.24 bits per heavy atom. The molecule has 1 fully saturated rings. The minimum atomic E-state index is -0.909. The fraction of sp³-hybridized carbons (Fsp3) is 0.303. The topological polar surface area (TPSA) is 154 Å². The summed E-state index contributed by atoms with van der Waals surface area (Å²) < 4.78 is 48.6. The van der Waals surface area contributed by atoms with Crippen LogP contribution in [-0.4, -0.2) is 43.4 Å². The first-order valence-corrected chi connectivity index (χ1v) is 14.2. The Morgan fingerprint density at radius 3 is 1.74 bits per heavy atom. The van der Waals surface area contributed by atoms with E-state index in [9.17, 15) is 32.3 Å². The van der Waals surface area contributed by atoms with Gasteiger partial charge in [0.25, 0.3) is 11.8 Å². The van der Waals surface area contributed by atoms with Crippen LogP contribution in [0.4, 0.5) is 13.2 Å².